The predicted octanol–water partition coefficient (Wildman–Crippen LogP) is 1.12. The highest BCUT2D eigenvalue weighted by Gasteiger charge is 2.72. The fraction of sp³-hybridized carbons (Fsp3) is 0.433. The molecule has 0 amide bonds. The number of carboxylic acid groups (broad SMARTS) is 1. The number of benzene rings is 2. The molecule has 6 atom stereocenters. The number of piperidine rings is 1. The summed E-state index contributed by atoms with van der Waals surface area (Å²) in [7, 11) is 1.98. The quantitative estimate of drug-likeness (QED) is 0.339. The van der Waals surface area contributed by atoms with E-state index in [0.29, 0.717) is 36.3 Å². The van der Waals surface area contributed by atoms with Gasteiger partial charge in [0, 0.05) is 29.2 Å². The molecule has 11 nitrogen and oxygen atoms in total. The maximum atomic E-state index is 13.6. The van der Waals surface area contributed by atoms with Crippen LogP contribution in [0.15, 0.2) is 54.3 Å². The molecule has 0 radical (unpaired) electrons. The van der Waals surface area contributed by atoms with E-state index in [2.05, 4.69) is 4.90 Å². The lowest BCUT2D eigenvalue weighted by molar-refractivity contribution is -0.177. The first-order valence-electron chi connectivity index (χ1n) is 13.5. The van der Waals surface area contributed by atoms with Gasteiger partial charge in [0.1, 0.15) is 11.5 Å². The van der Waals surface area contributed by atoms with Crippen molar-refractivity contribution in [1.29, 1.82) is 0 Å². The molecule has 2 heterocycles. The first kappa shape index (κ1) is 27.4. The normalized spacial score (nSPS) is 28.9. The molecule has 4 N–H and O–H groups in total. The summed E-state index contributed by atoms with van der Waals surface area (Å²) >= 11 is 0. The van der Waals surface area contributed by atoms with Crippen LogP contribution in [-0.2, 0) is 42.3 Å². The summed E-state index contributed by atoms with van der Waals surface area (Å²) in [5.41, 5.74) is 0.585. The largest absolute Gasteiger partial charge is 0.481 e. The van der Waals surface area contributed by atoms with Crippen molar-refractivity contribution in [3.05, 3.63) is 76.6 Å². The van der Waals surface area contributed by atoms with Crippen LogP contribution in [0.1, 0.15) is 47.6 Å². The number of likely N-dealkylation sites (tertiary alicyclic amines) is 1. The lowest BCUT2D eigenvalue weighted by Gasteiger charge is -2.61. The standard InChI is InChI=1S/C30H31NO10/c1-31-12-11-29-23-17-7-8-18(15-32)24(23)41-26(29)20(9-10-30(29,38)21(31)13-17)39-28(37)25(16-5-3-2-4-6-16)40-22(34)14-19(33)27(35)36/h2-9,19,21,25-26,32-33,38H,10-15H2,1H3,(H,35,36)/t19-,21+,25-,26?,29?,30+/m0/s1. The van der Waals surface area contributed by atoms with E-state index in [1.165, 1.54) is 0 Å². The van der Waals surface area contributed by atoms with Crippen molar-refractivity contribution in [2.24, 2.45) is 0 Å². The third kappa shape index (κ3) is 4.06. The number of esters is 2. The molecule has 2 aromatic carbocycles. The Morgan fingerprint density at radius 1 is 1.17 bits per heavy atom. The van der Waals surface area contributed by atoms with Crippen LogP contribution in [0.5, 0.6) is 5.75 Å². The van der Waals surface area contributed by atoms with E-state index < -0.39 is 53.7 Å². The van der Waals surface area contributed by atoms with Crippen LogP contribution in [0.2, 0.25) is 0 Å². The van der Waals surface area contributed by atoms with Gasteiger partial charge in [0.2, 0.25) is 6.10 Å². The van der Waals surface area contributed by atoms with Gasteiger partial charge in [-0.1, -0.05) is 42.5 Å². The van der Waals surface area contributed by atoms with Gasteiger partial charge in [0.25, 0.3) is 0 Å². The van der Waals surface area contributed by atoms with Crippen molar-refractivity contribution < 1.29 is 49.0 Å². The monoisotopic (exact) mass is 565 g/mol. The number of hydrogen-bond donors (Lipinski definition) is 4. The second-order valence-electron chi connectivity index (χ2n) is 11.2. The highest BCUT2D eigenvalue weighted by Crippen LogP contribution is 2.64. The van der Waals surface area contributed by atoms with E-state index >= 15 is 0 Å². The first-order valence-corrected chi connectivity index (χ1v) is 13.5. The van der Waals surface area contributed by atoms with E-state index in [-0.39, 0.29) is 24.8 Å². The Labute approximate surface area is 235 Å². The number of carbonyl (C=O) groups excluding carboxylic acids is 2. The Morgan fingerprint density at radius 2 is 1.93 bits per heavy atom. The van der Waals surface area contributed by atoms with Crippen molar-refractivity contribution in [3.63, 3.8) is 0 Å². The van der Waals surface area contributed by atoms with Crippen LogP contribution in [0.3, 0.4) is 0 Å². The zero-order valence-electron chi connectivity index (χ0n) is 22.4. The molecule has 2 unspecified atom stereocenters. The molecule has 216 valence electrons. The summed E-state index contributed by atoms with van der Waals surface area (Å²) in [4.78, 5) is 39.3. The average molecular weight is 566 g/mol. The van der Waals surface area contributed by atoms with Gasteiger partial charge in [-0.15, -0.1) is 0 Å². The van der Waals surface area contributed by atoms with Crippen molar-refractivity contribution in [3.8, 4) is 5.75 Å². The summed E-state index contributed by atoms with van der Waals surface area (Å²) in [6.07, 6.45) is -2.30. The molecule has 2 aromatic rings. The third-order valence-electron chi connectivity index (χ3n) is 9.06. The number of rotatable bonds is 8. The van der Waals surface area contributed by atoms with Crippen molar-refractivity contribution >= 4 is 17.9 Å². The van der Waals surface area contributed by atoms with Gasteiger partial charge in [-0.05, 0) is 38.1 Å². The third-order valence-corrected chi connectivity index (χ3v) is 9.06. The topological polar surface area (TPSA) is 163 Å². The van der Waals surface area contributed by atoms with Gasteiger partial charge in [-0.25, -0.2) is 9.59 Å². The molecule has 1 spiro atoms. The molecule has 2 aliphatic carbocycles. The van der Waals surface area contributed by atoms with Crippen LogP contribution in [0.4, 0.5) is 0 Å². The van der Waals surface area contributed by atoms with Crippen molar-refractivity contribution in [2.45, 2.75) is 67.7 Å². The van der Waals surface area contributed by atoms with E-state index in [1.807, 2.05) is 19.2 Å². The molecular formula is C30H31NO10. The van der Waals surface area contributed by atoms with Gasteiger partial charge < -0.3 is 39.5 Å². The van der Waals surface area contributed by atoms with Crippen molar-refractivity contribution in [1.82, 2.24) is 4.90 Å². The number of ether oxygens (including phenoxy) is 3. The fourth-order valence-corrected chi connectivity index (χ4v) is 7.11. The van der Waals surface area contributed by atoms with E-state index in [1.54, 1.807) is 36.4 Å². The number of aliphatic carboxylic acids is 1. The smallest absolute Gasteiger partial charge is 0.357 e. The van der Waals surface area contributed by atoms with Crippen molar-refractivity contribution in [2.75, 3.05) is 13.6 Å². The number of nitrogens with zero attached hydrogens (tertiary/aromatic N) is 1. The molecule has 1 fully saturated rings. The molecule has 0 aromatic heterocycles. The Kier molecular flexibility index (Phi) is 6.65. The van der Waals surface area contributed by atoms with Gasteiger partial charge in [-0.3, -0.25) is 4.79 Å². The van der Waals surface area contributed by atoms with Crippen LogP contribution < -0.4 is 4.74 Å². The molecule has 6 rings (SSSR count). The lowest BCUT2D eigenvalue weighted by atomic mass is 9.50. The number of aliphatic hydroxyl groups excluding tert-OH is 2. The van der Waals surface area contributed by atoms with Crippen LogP contribution in [0.25, 0.3) is 0 Å². The van der Waals surface area contributed by atoms with E-state index in [4.69, 9.17) is 19.3 Å². The minimum Gasteiger partial charge on any atom is -0.481 e. The van der Waals surface area contributed by atoms with Crippen LogP contribution in [-0.4, -0.2) is 80.7 Å². The SMILES string of the molecule is CN1CCC23c4c5ccc(CO)c4OC2C(OC(=O)[C@@H](OC(=O)C[C@H](O)C(=O)O)c2ccccc2)=CC[C@@]3(O)[C@H]1C5. The minimum absolute atomic E-state index is 0.165. The molecule has 2 aliphatic heterocycles. The average Bonchev–Trinajstić information content (AvgIpc) is 3.31. The molecular weight excluding hydrogens is 534 g/mol. The Bertz CT molecular complexity index is 1440. The predicted molar refractivity (Wildman–Crippen MR) is 140 cm³/mol. The minimum atomic E-state index is -1.99. The summed E-state index contributed by atoms with van der Waals surface area (Å²) in [6, 6.07) is 11.7. The number of likely N-dealkylation sites (N-methyl/N-ethyl adjacent to an activating group) is 1. The van der Waals surface area contributed by atoms with Gasteiger partial charge >= 0.3 is 17.9 Å². The summed E-state index contributed by atoms with van der Waals surface area (Å²) in [6.45, 7) is 0.409. The maximum Gasteiger partial charge on any atom is 0.357 e. The Hall–Kier alpha value is -3.77. The zero-order valence-corrected chi connectivity index (χ0v) is 22.4. The molecule has 2 bridgehead atoms. The zero-order chi connectivity index (χ0) is 29.1. The lowest BCUT2D eigenvalue weighted by Crippen LogP contribution is -2.74. The molecule has 41 heavy (non-hydrogen) atoms. The van der Waals surface area contributed by atoms with Gasteiger partial charge in [-0.2, -0.15) is 0 Å². The first-order chi connectivity index (χ1) is 19.6. The summed E-state index contributed by atoms with van der Waals surface area (Å²) < 4.78 is 17.7. The van der Waals surface area contributed by atoms with Gasteiger partial charge in [0.05, 0.1) is 24.0 Å². The Balaban J connectivity index is 1.35. The van der Waals surface area contributed by atoms with E-state index in [9.17, 15) is 29.7 Å². The van der Waals surface area contributed by atoms with E-state index in [0.717, 1.165) is 11.1 Å². The van der Waals surface area contributed by atoms with Crippen LogP contribution >= 0.6 is 0 Å². The molecule has 0 saturated carbocycles. The highest BCUT2D eigenvalue weighted by molar-refractivity contribution is 5.84. The second kappa shape index (κ2) is 9.95. The fourth-order valence-electron chi connectivity index (χ4n) is 7.11. The number of hydrogen-bond acceptors (Lipinski definition) is 10. The highest BCUT2D eigenvalue weighted by atomic mass is 16.6. The molecule has 1 saturated heterocycles. The molecule has 4 aliphatic rings. The Morgan fingerprint density at radius 3 is 2.63 bits per heavy atom. The van der Waals surface area contributed by atoms with Crippen LogP contribution in [0, 0.1) is 0 Å². The number of carboxylic acids is 1. The number of aliphatic hydroxyl groups is 3. The summed E-state index contributed by atoms with van der Waals surface area (Å²) in [5, 5.41) is 41.0. The summed E-state index contributed by atoms with van der Waals surface area (Å²) in [5.74, 6) is -2.97. The number of carbonyl (C=O) groups is 3. The molecule has 11 heteroatoms. The van der Waals surface area contributed by atoms with Gasteiger partial charge in [0.15, 0.2) is 12.2 Å². The maximum absolute atomic E-state index is 13.6. The second-order valence-corrected chi connectivity index (χ2v) is 11.2.